The van der Waals surface area contributed by atoms with Crippen LogP contribution in [0.2, 0.25) is 0 Å². The molecule has 0 radical (unpaired) electrons. The van der Waals surface area contributed by atoms with E-state index in [2.05, 4.69) is 58.7 Å². The first kappa shape index (κ1) is 24.7. The number of allylic oxidation sites excluding steroid dienone is 7. The molecule has 3 nitrogen and oxygen atoms in total. The van der Waals surface area contributed by atoms with E-state index < -0.39 is 0 Å². The van der Waals surface area contributed by atoms with Crippen LogP contribution in [0.5, 0.6) is 11.5 Å². The van der Waals surface area contributed by atoms with Crippen LogP contribution in [0.3, 0.4) is 0 Å². The second kappa shape index (κ2) is 11.6. The standard InChI is InChI=1S/C25H35NO2S/c1-8-17(6)22(19(9-2)10-3)14-21(12-5)26(16-29)18(7)23-13-20(11-4)24(27)15-25(23)28/h8-9,13-15,27-29H,1,7,10-12,16H2,2-6H3/b19-9-,21-14+,22-17+. The van der Waals surface area contributed by atoms with Gasteiger partial charge in [0.1, 0.15) is 11.5 Å². The van der Waals surface area contributed by atoms with Gasteiger partial charge in [-0.2, -0.15) is 12.6 Å². The number of rotatable bonds is 10. The highest BCUT2D eigenvalue weighted by Crippen LogP contribution is 2.36. The average molecular weight is 414 g/mol. The predicted molar refractivity (Wildman–Crippen MR) is 129 cm³/mol. The summed E-state index contributed by atoms with van der Waals surface area (Å²) < 4.78 is 0. The van der Waals surface area contributed by atoms with E-state index in [4.69, 9.17) is 0 Å². The summed E-state index contributed by atoms with van der Waals surface area (Å²) in [6, 6.07) is 3.18. The Morgan fingerprint density at radius 2 is 1.79 bits per heavy atom. The second-order valence-corrected chi connectivity index (χ2v) is 7.11. The fourth-order valence-corrected chi connectivity index (χ4v) is 3.64. The Balaban J connectivity index is 3.54. The highest BCUT2D eigenvalue weighted by Gasteiger charge is 2.18. The van der Waals surface area contributed by atoms with Gasteiger partial charge in [0, 0.05) is 23.0 Å². The maximum atomic E-state index is 10.4. The lowest BCUT2D eigenvalue weighted by Crippen LogP contribution is -2.20. The van der Waals surface area contributed by atoms with Crippen molar-refractivity contribution in [3.63, 3.8) is 0 Å². The minimum Gasteiger partial charge on any atom is -0.508 e. The Morgan fingerprint density at radius 3 is 2.24 bits per heavy atom. The van der Waals surface area contributed by atoms with Gasteiger partial charge < -0.3 is 15.1 Å². The van der Waals surface area contributed by atoms with Crippen LogP contribution < -0.4 is 0 Å². The monoisotopic (exact) mass is 413 g/mol. The lowest BCUT2D eigenvalue weighted by Gasteiger charge is -2.29. The van der Waals surface area contributed by atoms with Crippen LogP contribution in [0, 0.1) is 0 Å². The fourth-order valence-electron chi connectivity index (χ4n) is 3.29. The molecule has 0 atom stereocenters. The third kappa shape index (κ3) is 5.83. The summed E-state index contributed by atoms with van der Waals surface area (Å²) in [5, 5.41) is 20.4. The summed E-state index contributed by atoms with van der Waals surface area (Å²) in [6.45, 7) is 18.5. The third-order valence-corrected chi connectivity index (χ3v) is 5.47. The predicted octanol–water partition coefficient (Wildman–Crippen LogP) is 6.97. The lowest BCUT2D eigenvalue weighted by molar-refractivity contribution is 0.443. The number of hydrogen-bond acceptors (Lipinski definition) is 4. The van der Waals surface area contributed by atoms with E-state index >= 15 is 0 Å². The van der Waals surface area contributed by atoms with E-state index in [9.17, 15) is 10.2 Å². The minimum absolute atomic E-state index is 0.00711. The van der Waals surface area contributed by atoms with Gasteiger partial charge in [0.05, 0.1) is 5.88 Å². The first-order valence-corrected chi connectivity index (χ1v) is 10.7. The van der Waals surface area contributed by atoms with Gasteiger partial charge in [-0.25, -0.2) is 0 Å². The summed E-state index contributed by atoms with van der Waals surface area (Å²) in [7, 11) is 0. The van der Waals surface area contributed by atoms with Crippen molar-refractivity contribution in [3.8, 4) is 11.5 Å². The van der Waals surface area contributed by atoms with Gasteiger partial charge in [-0.05, 0) is 67.5 Å². The molecule has 0 saturated carbocycles. The number of thiol groups is 1. The zero-order valence-corrected chi connectivity index (χ0v) is 19.3. The quantitative estimate of drug-likeness (QED) is 0.220. The highest BCUT2D eigenvalue weighted by atomic mass is 32.1. The van der Waals surface area contributed by atoms with Crippen molar-refractivity contribution in [2.24, 2.45) is 0 Å². The van der Waals surface area contributed by atoms with Gasteiger partial charge >= 0.3 is 0 Å². The van der Waals surface area contributed by atoms with E-state index in [1.54, 1.807) is 6.07 Å². The topological polar surface area (TPSA) is 43.7 Å². The molecule has 0 heterocycles. The molecule has 158 valence electrons. The fraction of sp³-hybridized carbons (Fsp3) is 0.360. The summed E-state index contributed by atoms with van der Waals surface area (Å²) >= 11 is 4.54. The van der Waals surface area contributed by atoms with E-state index in [1.807, 2.05) is 24.8 Å². The first-order chi connectivity index (χ1) is 13.8. The molecule has 0 saturated heterocycles. The number of aryl methyl sites for hydroxylation is 1. The number of nitrogens with zero attached hydrogens (tertiary/aromatic N) is 1. The van der Waals surface area contributed by atoms with Crippen molar-refractivity contribution >= 4 is 18.3 Å². The van der Waals surface area contributed by atoms with Crippen LogP contribution in [-0.4, -0.2) is 21.0 Å². The molecule has 0 aromatic heterocycles. The largest absolute Gasteiger partial charge is 0.508 e. The van der Waals surface area contributed by atoms with Crippen LogP contribution in [-0.2, 0) is 6.42 Å². The first-order valence-electron chi connectivity index (χ1n) is 10.1. The Labute approximate surface area is 181 Å². The average Bonchev–Trinajstić information content (AvgIpc) is 2.72. The molecule has 4 heteroatoms. The SMILES string of the molecule is C=C/C(C)=C(\C=C(/CC)N(CS)C(=C)c1cc(CC)c(O)cc1O)C(=C\C)/CC. The molecule has 1 aromatic carbocycles. The number of phenolic OH excluding ortho intramolecular Hbond substituents is 2. The molecule has 1 aromatic rings. The molecule has 0 aliphatic carbocycles. The lowest BCUT2D eigenvalue weighted by atomic mass is 9.96. The zero-order valence-electron chi connectivity index (χ0n) is 18.4. The van der Waals surface area contributed by atoms with Gasteiger partial charge in [-0.15, -0.1) is 0 Å². The maximum absolute atomic E-state index is 10.4. The normalized spacial score (nSPS) is 13.2. The molecule has 0 aliphatic rings. The molecule has 0 bridgehead atoms. The Bertz CT molecular complexity index is 847. The molecule has 0 unspecified atom stereocenters. The van der Waals surface area contributed by atoms with Crippen LogP contribution in [0.1, 0.15) is 58.6 Å². The summed E-state index contributed by atoms with van der Waals surface area (Å²) in [6.07, 6.45) is 8.52. The Hall–Kier alpha value is -2.33. The summed E-state index contributed by atoms with van der Waals surface area (Å²) in [5.74, 6) is 0.517. The van der Waals surface area contributed by atoms with Crippen molar-refractivity contribution < 1.29 is 10.2 Å². The molecule has 0 amide bonds. The molecular formula is C25H35NO2S. The van der Waals surface area contributed by atoms with Crippen molar-refractivity contribution in [2.45, 2.75) is 53.9 Å². The molecule has 0 fully saturated rings. The number of hydrogen-bond donors (Lipinski definition) is 3. The van der Waals surface area contributed by atoms with E-state index in [1.165, 1.54) is 11.6 Å². The highest BCUT2D eigenvalue weighted by molar-refractivity contribution is 7.80. The van der Waals surface area contributed by atoms with Crippen LogP contribution in [0.4, 0.5) is 0 Å². The zero-order chi connectivity index (χ0) is 22.1. The molecule has 2 N–H and O–H groups in total. The molecule has 1 rings (SSSR count). The third-order valence-electron chi connectivity index (χ3n) is 5.18. The second-order valence-electron chi connectivity index (χ2n) is 6.83. The maximum Gasteiger partial charge on any atom is 0.128 e. The summed E-state index contributed by atoms with van der Waals surface area (Å²) in [5.41, 5.74) is 6.56. The van der Waals surface area contributed by atoms with Crippen LogP contribution >= 0.6 is 12.6 Å². The molecule has 0 spiro atoms. The molecule has 0 aliphatic heterocycles. The molecular weight excluding hydrogens is 378 g/mol. The van der Waals surface area contributed by atoms with Crippen molar-refractivity contribution in [2.75, 3.05) is 5.88 Å². The van der Waals surface area contributed by atoms with Gasteiger partial charge in [-0.3, -0.25) is 0 Å². The number of aromatic hydroxyl groups is 2. The van der Waals surface area contributed by atoms with Gasteiger partial charge in [-0.1, -0.05) is 46.1 Å². The number of benzene rings is 1. The Morgan fingerprint density at radius 1 is 1.14 bits per heavy atom. The van der Waals surface area contributed by atoms with Crippen LogP contribution in [0.15, 0.2) is 65.9 Å². The van der Waals surface area contributed by atoms with E-state index in [-0.39, 0.29) is 11.5 Å². The van der Waals surface area contributed by atoms with E-state index in [0.717, 1.165) is 35.2 Å². The van der Waals surface area contributed by atoms with Gasteiger partial charge in [0.15, 0.2) is 0 Å². The van der Waals surface area contributed by atoms with Crippen molar-refractivity contribution in [3.05, 3.63) is 77.1 Å². The van der Waals surface area contributed by atoms with Gasteiger partial charge in [0.25, 0.3) is 0 Å². The van der Waals surface area contributed by atoms with E-state index in [0.29, 0.717) is 23.6 Å². The van der Waals surface area contributed by atoms with Crippen molar-refractivity contribution in [1.29, 1.82) is 0 Å². The smallest absolute Gasteiger partial charge is 0.128 e. The van der Waals surface area contributed by atoms with Crippen LogP contribution in [0.25, 0.3) is 5.70 Å². The Kier molecular flexibility index (Phi) is 9.90. The number of phenols is 2. The van der Waals surface area contributed by atoms with Gasteiger partial charge in [0.2, 0.25) is 0 Å². The minimum atomic E-state index is 0.00711. The molecule has 29 heavy (non-hydrogen) atoms. The van der Waals surface area contributed by atoms with Crippen molar-refractivity contribution in [1.82, 2.24) is 4.90 Å². The summed E-state index contributed by atoms with van der Waals surface area (Å²) in [4.78, 5) is 1.99.